The van der Waals surface area contributed by atoms with Crippen LogP contribution in [0.25, 0.3) is 0 Å². The molecule has 3 amide bonds. The highest BCUT2D eigenvalue weighted by Gasteiger charge is 2.60. The maximum atomic E-state index is 13.2. The second-order valence-corrected chi connectivity index (χ2v) is 28.1. The molecule has 1 aliphatic heterocycles. The first-order chi connectivity index (χ1) is 34.6. The van der Waals surface area contributed by atoms with Crippen molar-refractivity contribution < 1.29 is 159 Å². The van der Waals surface area contributed by atoms with E-state index in [0.717, 1.165) is 17.1 Å². The number of imide groups is 1. The average molecular weight is 1230 g/mol. The molecule has 1 rings (SSSR count). The van der Waals surface area contributed by atoms with E-state index in [2.05, 4.69) is 15.0 Å². The molecule has 0 saturated heterocycles. The molecule has 0 aromatic carbocycles. The Balaban J connectivity index is 3.11. The first kappa shape index (κ1) is 71.3. The SMILES string of the molecule is O=C(CCN1C(=O)C=CC1=O)NC(CCOCC(=O)ONCCCC(O)(P(=O)(O)O)P(=O)(O)O)C(CCOCC(=O)ONCCCC(O)(P(=O)(O)O)P(=O)(O)O)COCC(=O)ONCCCC(O)(P(=O)(O)O)P(=O)(O)O. The second-order valence-electron chi connectivity index (χ2n) is 16.0. The Kier molecular flexibility index (Phi) is 28.9. The third-order valence-electron chi connectivity index (χ3n) is 10.3. The monoisotopic (exact) mass is 1230 g/mol. The highest BCUT2D eigenvalue weighted by atomic mass is 31.3. The smallest absolute Gasteiger partial charge is 0.369 e. The molecular formula is C32H61N5O33P6. The number of nitrogens with zero attached hydrogens (tertiary/aromatic N) is 1. The zero-order valence-electron chi connectivity index (χ0n) is 39.4. The predicted octanol–water partition coefficient (Wildman–Crippen LogP) is -5.28. The fourth-order valence-corrected chi connectivity index (χ4v) is 12.8. The van der Waals surface area contributed by atoms with Crippen LogP contribution >= 0.6 is 45.6 Å². The number of hydrogen-bond acceptors (Lipinski definition) is 24. The molecule has 44 heteroatoms. The van der Waals surface area contributed by atoms with E-state index in [4.69, 9.17) is 19.0 Å². The van der Waals surface area contributed by atoms with Crippen molar-refractivity contribution in [1.82, 2.24) is 26.7 Å². The Morgan fingerprint density at radius 1 is 0.513 bits per heavy atom. The van der Waals surface area contributed by atoms with Crippen LogP contribution in [0.1, 0.15) is 57.8 Å². The van der Waals surface area contributed by atoms with Gasteiger partial charge in [0, 0.05) is 89.2 Å². The van der Waals surface area contributed by atoms with E-state index in [1.807, 2.05) is 16.4 Å². The van der Waals surface area contributed by atoms with Crippen LogP contribution in [-0.4, -0.2) is 202 Å². The topological polar surface area (TPSA) is 615 Å². The number of amides is 3. The summed E-state index contributed by atoms with van der Waals surface area (Å²) in [6.45, 7) is -5.77. The van der Waals surface area contributed by atoms with Crippen LogP contribution in [-0.2, 0) is 84.9 Å². The summed E-state index contributed by atoms with van der Waals surface area (Å²) in [6.07, 6.45) is -4.10. The molecule has 1 heterocycles. The van der Waals surface area contributed by atoms with E-state index in [1.54, 1.807) is 0 Å². The van der Waals surface area contributed by atoms with E-state index < -0.39 is 219 Å². The molecule has 0 aromatic heterocycles. The van der Waals surface area contributed by atoms with E-state index in [0.29, 0.717) is 0 Å². The van der Waals surface area contributed by atoms with Gasteiger partial charge in [0.15, 0.2) is 0 Å². The molecule has 0 radical (unpaired) electrons. The number of ether oxygens (including phenoxy) is 3. The lowest BCUT2D eigenvalue weighted by Crippen LogP contribution is -2.45. The fourth-order valence-electron chi connectivity index (χ4n) is 6.08. The number of hydrogen-bond donors (Lipinski definition) is 19. The van der Waals surface area contributed by atoms with Crippen LogP contribution in [0.4, 0.5) is 0 Å². The van der Waals surface area contributed by atoms with Gasteiger partial charge < -0.3 is 108 Å². The number of carbonyl (C=O) groups is 6. The minimum Gasteiger partial charge on any atom is -0.370 e. The molecule has 0 fully saturated rings. The normalized spacial score (nSPS) is 15.2. The summed E-state index contributed by atoms with van der Waals surface area (Å²) in [5.41, 5.74) is 6.11. The third kappa shape index (κ3) is 22.8. The minimum absolute atomic E-state index is 0.192. The van der Waals surface area contributed by atoms with E-state index in [-0.39, 0.29) is 12.8 Å². The summed E-state index contributed by atoms with van der Waals surface area (Å²) in [5.74, 6) is -6.67. The zero-order valence-corrected chi connectivity index (χ0v) is 44.8. The molecule has 38 nitrogen and oxygen atoms in total. The van der Waals surface area contributed by atoms with Crippen molar-refractivity contribution in [2.24, 2.45) is 5.92 Å². The molecule has 2 atom stereocenters. The molecule has 2 unspecified atom stereocenters. The summed E-state index contributed by atoms with van der Waals surface area (Å²) < 4.78 is 85.3. The summed E-state index contributed by atoms with van der Waals surface area (Å²) in [4.78, 5) is 200. The van der Waals surface area contributed by atoms with Gasteiger partial charge in [0.2, 0.25) is 5.91 Å². The molecule has 76 heavy (non-hydrogen) atoms. The Hall–Kier alpha value is -2.70. The van der Waals surface area contributed by atoms with Crippen LogP contribution in [0.3, 0.4) is 0 Å². The van der Waals surface area contributed by atoms with E-state index >= 15 is 0 Å². The zero-order chi connectivity index (χ0) is 58.6. The van der Waals surface area contributed by atoms with Crippen LogP contribution in [0.5, 0.6) is 0 Å². The van der Waals surface area contributed by atoms with Crippen LogP contribution in [0.2, 0.25) is 0 Å². The number of nitrogens with one attached hydrogen (secondary N) is 4. The van der Waals surface area contributed by atoms with Crippen LogP contribution in [0, 0.1) is 5.92 Å². The van der Waals surface area contributed by atoms with Crippen molar-refractivity contribution in [2.45, 2.75) is 79.1 Å². The molecule has 442 valence electrons. The van der Waals surface area contributed by atoms with Crippen molar-refractivity contribution in [3.8, 4) is 0 Å². The molecule has 1 aliphatic rings. The fraction of sp³-hybridized carbons (Fsp3) is 0.750. The number of hydroxylamine groups is 3. The first-order valence-corrected chi connectivity index (χ1v) is 31.2. The summed E-state index contributed by atoms with van der Waals surface area (Å²) >= 11 is 0. The molecule has 19 N–H and O–H groups in total. The summed E-state index contributed by atoms with van der Waals surface area (Å²) in [6, 6.07) is -1.11. The lowest BCUT2D eigenvalue weighted by molar-refractivity contribution is -0.158. The lowest BCUT2D eigenvalue weighted by atomic mass is 9.94. The Labute approximate surface area is 429 Å². The maximum Gasteiger partial charge on any atom is 0.369 e. The minimum atomic E-state index is -5.78. The molecule has 0 spiro atoms. The van der Waals surface area contributed by atoms with E-state index in [1.165, 1.54) is 0 Å². The van der Waals surface area contributed by atoms with Gasteiger partial charge in [-0.3, -0.25) is 46.7 Å². The van der Waals surface area contributed by atoms with Crippen molar-refractivity contribution in [1.29, 1.82) is 0 Å². The first-order valence-electron chi connectivity index (χ1n) is 21.5. The predicted molar refractivity (Wildman–Crippen MR) is 245 cm³/mol. The highest BCUT2D eigenvalue weighted by Crippen LogP contribution is 2.71. The second kappa shape index (κ2) is 30.8. The Morgan fingerprint density at radius 3 is 1.16 bits per heavy atom. The van der Waals surface area contributed by atoms with E-state index in [9.17, 15) is 130 Å². The lowest BCUT2D eigenvalue weighted by Gasteiger charge is -2.29. The van der Waals surface area contributed by atoms with Crippen molar-refractivity contribution >= 4 is 81.2 Å². The number of rotatable bonds is 40. The molecule has 0 saturated carbocycles. The molecule has 0 aliphatic carbocycles. The van der Waals surface area contributed by atoms with Gasteiger partial charge >= 0.3 is 63.5 Å². The van der Waals surface area contributed by atoms with Gasteiger partial charge in [-0.1, -0.05) is 0 Å². The Morgan fingerprint density at radius 2 is 0.829 bits per heavy atom. The largest absolute Gasteiger partial charge is 0.370 e. The van der Waals surface area contributed by atoms with Gasteiger partial charge in [-0.05, 0) is 32.1 Å². The number of carbonyl (C=O) groups excluding carboxylic acids is 6. The van der Waals surface area contributed by atoms with Crippen molar-refractivity contribution in [3.05, 3.63) is 12.2 Å². The molecule has 0 bridgehead atoms. The summed E-state index contributed by atoms with van der Waals surface area (Å²) in [5, 5.41) is 21.3. The van der Waals surface area contributed by atoms with Crippen LogP contribution in [0.15, 0.2) is 12.2 Å². The van der Waals surface area contributed by atoms with Gasteiger partial charge in [-0.15, -0.1) is 0 Å². The molecule has 0 aromatic rings. The van der Waals surface area contributed by atoms with Crippen LogP contribution < -0.4 is 21.8 Å². The average Bonchev–Trinajstić information content (AvgIpc) is 3.59. The quantitative estimate of drug-likeness (QED) is 0.00896. The van der Waals surface area contributed by atoms with Crippen molar-refractivity contribution in [3.63, 3.8) is 0 Å². The third-order valence-corrected chi connectivity index (χ3v) is 21.9. The number of aliphatic hydroxyl groups is 3. The van der Waals surface area contributed by atoms with Gasteiger partial charge in [-0.2, -0.15) is 16.4 Å². The Bertz CT molecular complexity index is 2220. The maximum absolute atomic E-state index is 13.2. The van der Waals surface area contributed by atoms with Gasteiger partial charge in [0.25, 0.3) is 27.1 Å². The van der Waals surface area contributed by atoms with Gasteiger partial charge in [0.05, 0.1) is 6.61 Å². The standard InChI is InChI=1S/C32H61N5O33P6/c38-24(6-15-37-25(39)4-5-26(37)40)36-23(8-17-66-20-28(42)69-34-13-2-10-31(45,73(53,54)55)74(56,57)58)22(18-67-21-29(43)70-35-14-3-11-32(46,75(59,60)61)76(62,63)64)7-16-65-19-27(41)68-33-12-1-9-30(44,71(47,48)49)72(50,51)52/h4-5,22-23,33-35,44-46H,1-3,6-21H2,(H,36,38)(H2,47,48,49)(H2,50,51,52)(H2,53,54,55)(H2,56,57,58)(H2,59,60,61)(H2,62,63,64). The highest BCUT2D eigenvalue weighted by molar-refractivity contribution is 7.73. The van der Waals surface area contributed by atoms with Crippen molar-refractivity contribution in [2.75, 3.05) is 65.8 Å². The summed E-state index contributed by atoms with van der Waals surface area (Å²) in [7, 11) is -34.6. The van der Waals surface area contributed by atoms with Gasteiger partial charge in [-0.25, -0.2) is 14.4 Å². The van der Waals surface area contributed by atoms with Gasteiger partial charge in [0.1, 0.15) is 19.8 Å². The molecular weight excluding hydrogens is 1170 g/mol.